The third-order valence-electron chi connectivity index (χ3n) is 5.03. The van der Waals surface area contributed by atoms with Gasteiger partial charge < -0.3 is 14.7 Å². The number of hydrogen-bond acceptors (Lipinski definition) is 4. The summed E-state index contributed by atoms with van der Waals surface area (Å²) in [5.74, 6) is -0.448. The van der Waals surface area contributed by atoms with Crippen LogP contribution in [0.3, 0.4) is 0 Å². The topological polar surface area (TPSA) is 79.7 Å². The number of carboxylic acids is 1. The first-order valence-electron chi connectivity index (χ1n) is 9.98. The molecule has 1 fully saturated rings. The number of nitrogens with zero attached hydrogens (tertiary/aromatic N) is 2. The zero-order valence-corrected chi connectivity index (χ0v) is 17.2. The van der Waals surface area contributed by atoms with Gasteiger partial charge in [0.1, 0.15) is 5.60 Å². The summed E-state index contributed by atoms with van der Waals surface area (Å²) in [7, 11) is 0. The SMILES string of the molecule is CC(C)(C)OC(=O)N1CCC(Cc2ccc(-c3cccc(C(=O)O)c3)cn2)CC1. The molecular formula is C23H28N2O4. The van der Waals surface area contributed by atoms with Crippen LogP contribution in [0.4, 0.5) is 4.79 Å². The zero-order chi connectivity index (χ0) is 21.0. The van der Waals surface area contributed by atoms with E-state index in [1.54, 1.807) is 29.3 Å². The van der Waals surface area contributed by atoms with Crippen molar-refractivity contribution in [2.75, 3.05) is 13.1 Å². The Bertz CT molecular complexity index is 863. The van der Waals surface area contributed by atoms with Crippen LogP contribution in [0.1, 0.15) is 49.7 Å². The van der Waals surface area contributed by atoms with Crippen molar-refractivity contribution in [2.24, 2.45) is 5.92 Å². The van der Waals surface area contributed by atoms with E-state index in [1.165, 1.54) is 0 Å². The molecule has 0 aliphatic carbocycles. The van der Waals surface area contributed by atoms with Gasteiger partial charge in [0.05, 0.1) is 5.56 Å². The lowest BCUT2D eigenvalue weighted by Gasteiger charge is -2.33. The summed E-state index contributed by atoms with van der Waals surface area (Å²) < 4.78 is 5.45. The fraction of sp³-hybridized carbons (Fsp3) is 0.435. The van der Waals surface area contributed by atoms with Gasteiger partial charge in [-0.1, -0.05) is 18.2 Å². The van der Waals surface area contributed by atoms with Gasteiger partial charge in [-0.15, -0.1) is 0 Å². The van der Waals surface area contributed by atoms with E-state index in [-0.39, 0.29) is 11.7 Å². The number of amides is 1. The molecule has 1 N–H and O–H groups in total. The molecule has 0 spiro atoms. The highest BCUT2D eigenvalue weighted by Gasteiger charge is 2.27. The van der Waals surface area contributed by atoms with Gasteiger partial charge in [-0.05, 0) is 69.7 Å². The Hall–Kier alpha value is -2.89. The number of carbonyl (C=O) groups is 2. The number of pyridine rings is 1. The smallest absolute Gasteiger partial charge is 0.410 e. The summed E-state index contributed by atoms with van der Waals surface area (Å²) in [6.45, 7) is 7.06. The van der Waals surface area contributed by atoms with Crippen LogP contribution in [0, 0.1) is 5.92 Å². The maximum atomic E-state index is 12.2. The van der Waals surface area contributed by atoms with Crippen LogP contribution in [0.2, 0.25) is 0 Å². The molecule has 6 nitrogen and oxygen atoms in total. The third kappa shape index (κ3) is 5.79. The van der Waals surface area contributed by atoms with Crippen molar-refractivity contribution in [1.29, 1.82) is 0 Å². The van der Waals surface area contributed by atoms with Crippen LogP contribution in [0.15, 0.2) is 42.6 Å². The summed E-state index contributed by atoms with van der Waals surface area (Å²) in [6.07, 6.45) is 4.30. The molecule has 0 radical (unpaired) electrons. The highest BCUT2D eigenvalue weighted by atomic mass is 16.6. The number of aromatic carboxylic acids is 1. The van der Waals surface area contributed by atoms with E-state index in [9.17, 15) is 9.59 Å². The van der Waals surface area contributed by atoms with E-state index >= 15 is 0 Å². The Kier molecular flexibility index (Phi) is 6.20. The van der Waals surface area contributed by atoms with Gasteiger partial charge >= 0.3 is 12.1 Å². The molecule has 1 aliphatic rings. The predicted octanol–water partition coefficient (Wildman–Crippen LogP) is 4.64. The van der Waals surface area contributed by atoms with Gasteiger partial charge in [-0.2, -0.15) is 0 Å². The van der Waals surface area contributed by atoms with E-state index in [0.29, 0.717) is 19.0 Å². The molecule has 1 aromatic heterocycles. The maximum absolute atomic E-state index is 12.2. The lowest BCUT2D eigenvalue weighted by molar-refractivity contribution is 0.0184. The van der Waals surface area contributed by atoms with Crippen molar-refractivity contribution in [3.63, 3.8) is 0 Å². The van der Waals surface area contributed by atoms with Crippen LogP contribution >= 0.6 is 0 Å². The van der Waals surface area contributed by atoms with Gasteiger partial charge in [-0.25, -0.2) is 9.59 Å². The molecule has 0 bridgehead atoms. The summed E-state index contributed by atoms with van der Waals surface area (Å²) in [5.41, 5.74) is 2.55. The summed E-state index contributed by atoms with van der Waals surface area (Å²) in [5, 5.41) is 9.14. The van der Waals surface area contributed by atoms with Crippen LogP contribution in [-0.4, -0.2) is 45.7 Å². The normalized spacial score (nSPS) is 15.2. The Morgan fingerprint density at radius 3 is 2.45 bits per heavy atom. The number of rotatable bonds is 4. The Labute approximate surface area is 171 Å². The molecule has 1 amide bonds. The first-order chi connectivity index (χ1) is 13.7. The molecule has 6 heteroatoms. The minimum Gasteiger partial charge on any atom is -0.478 e. The first-order valence-corrected chi connectivity index (χ1v) is 9.98. The van der Waals surface area contributed by atoms with Crippen LogP contribution < -0.4 is 0 Å². The summed E-state index contributed by atoms with van der Waals surface area (Å²) in [6, 6.07) is 10.9. The Morgan fingerprint density at radius 2 is 1.86 bits per heavy atom. The number of ether oxygens (including phenoxy) is 1. The number of benzene rings is 1. The largest absolute Gasteiger partial charge is 0.478 e. The molecule has 2 heterocycles. The number of hydrogen-bond donors (Lipinski definition) is 1. The van der Waals surface area contributed by atoms with Gasteiger partial charge in [-0.3, -0.25) is 4.98 Å². The third-order valence-corrected chi connectivity index (χ3v) is 5.03. The van der Waals surface area contributed by atoms with Gasteiger partial charge in [0, 0.05) is 30.5 Å². The van der Waals surface area contributed by atoms with E-state index in [4.69, 9.17) is 9.84 Å². The molecule has 0 saturated carbocycles. The van der Waals surface area contributed by atoms with E-state index < -0.39 is 11.6 Å². The van der Waals surface area contributed by atoms with Gasteiger partial charge in [0.25, 0.3) is 0 Å². The summed E-state index contributed by atoms with van der Waals surface area (Å²) in [4.78, 5) is 29.7. The molecule has 0 unspecified atom stereocenters. The highest BCUT2D eigenvalue weighted by Crippen LogP contribution is 2.24. The minimum absolute atomic E-state index is 0.234. The average Bonchev–Trinajstić information content (AvgIpc) is 2.68. The Morgan fingerprint density at radius 1 is 1.14 bits per heavy atom. The molecule has 1 aliphatic heterocycles. The second-order valence-corrected chi connectivity index (χ2v) is 8.54. The lowest BCUT2D eigenvalue weighted by atomic mass is 9.92. The molecule has 2 aromatic rings. The molecule has 1 saturated heterocycles. The van der Waals surface area contributed by atoms with Crippen LogP contribution in [0.5, 0.6) is 0 Å². The van der Waals surface area contributed by atoms with Crippen molar-refractivity contribution in [3.05, 3.63) is 53.9 Å². The van der Waals surface area contributed by atoms with Gasteiger partial charge in [0.2, 0.25) is 0 Å². The van der Waals surface area contributed by atoms with Crippen molar-refractivity contribution >= 4 is 12.1 Å². The number of piperidine rings is 1. The van der Waals surface area contributed by atoms with Gasteiger partial charge in [0.15, 0.2) is 0 Å². The number of carboxylic acid groups (broad SMARTS) is 1. The molecule has 1 aromatic carbocycles. The fourth-order valence-corrected chi connectivity index (χ4v) is 3.49. The highest BCUT2D eigenvalue weighted by molar-refractivity contribution is 5.89. The standard InChI is InChI=1S/C23H28N2O4/c1-23(2,3)29-22(28)25-11-9-16(10-12-25)13-20-8-7-19(15-24-20)17-5-4-6-18(14-17)21(26)27/h4-8,14-16H,9-13H2,1-3H3,(H,26,27). The molecular weight excluding hydrogens is 368 g/mol. The molecule has 154 valence electrons. The van der Waals surface area contributed by atoms with E-state index in [2.05, 4.69) is 4.98 Å². The minimum atomic E-state index is -0.936. The second-order valence-electron chi connectivity index (χ2n) is 8.54. The Balaban J connectivity index is 1.55. The molecule has 0 atom stereocenters. The monoisotopic (exact) mass is 396 g/mol. The number of likely N-dealkylation sites (tertiary alicyclic amines) is 1. The molecule has 3 rings (SSSR count). The van der Waals surface area contributed by atoms with E-state index in [1.807, 2.05) is 39.0 Å². The lowest BCUT2D eigenvalue weighted by Crippen LogP contribution is -2.42. The van der Waals surface area contributed by atoms with Crippen molar-refractivity contribution in [3.8, 4) is 11.1 Å². The maximum Gasteiger partial charge on any atom is 0.410 e. The van der Waals surface area contributed by atoms with Crippen LogP contribution in [-0.2, 0) is 11.2 Å². The second kappa shape index (κ2) is 8.64. The van der Waals surface area contributed by atoms with Crippen molar-refractivity contribution in [1.82, 2.24) is 9.88 Å². The molecule has 29 heavy (non-hydrogen) atoms. The van der Waals surface area contributed by atoms with Crippen molar-refractivity contribution in [2.45, 2.75) is 45.6 Å². The average molecular weight is 396 g/mol. The first kappa shape index (κ1) is 20.8. The number of carbonyl (C=O) groups excluding carboxylic acids is 1. The summed E-state index contributed by atoms with van der Waals surface area (Å²) >= 11 is 0. The van der Waals surface area contributed by atoms with Crippen molar-refractivity contribution < 1.29 is 19.4 Å². The number of aromatic nitrogens is 1. The predicted molar refractivity (Wildman–Crippen MR) is 111 cm³/mol. The van der Waals surface area contributed by atoms with E-state index in [0.717, 1.165) is 36.1 Å². The zero-order valence-electron chi connectivity index (χ0n) is 17.2. The fourth-order valence-electron chi connectivity index (χ4n) is 3.49. The van der Waals surface area contributed by atoms with Crippen LogP contribution in [0.25, 0.3) is 11.1 Å². The quantitative estimate of drug-likeness (QED) is 0.815.